The fourth-order valence-corrected chi connectivity index (χ4v) is 3.62. The lowest BCUT2D eigenvalue weighted by Crippen LogP contribution is -2.13. The minimum atomic E-state index is -0.574. The molecule has 184 valence electrons. The van der Waals surface area contributed by atoms with Crippen LogP contribution in [0, 0.1) is 25.2 Å². The van der Waals surface area contributed by atoms with Gasteiger partial charge in [-0.05, 0) is 74.4 Å². The van der Waals surface area contributed by atoms with Gasteiger partial charge in [0.1, 0.15) is 18.2 Å². The van der Waals surface area contributed by atoms with Gasteiger partial charge in [0.2, 0.25) is 0 Å². The molecule has 0 aliphatic rings. The molecule has 0 fully saturated rings. The van der Waals surface area contributed by atoms with E-state index in [0.29, 0.717) is 34.9 Å². The molecule has 0 atom stereocenters. The molecular formula is C29H28N2O5. The monoisotopic (exact) mass is 484 g/mol. The highest BCUT2D eigenvalue weighted by Gasteiger charge is 2.13. The highest BCUT2D eigenvalue weighted by molar-refractivity contribution is 6.09. The summed E-state index contributed by atoms with van der Waals surface area (Å²) in [7, 11) is 1.53. The van der Waals surface area contributed by atoms with Crippen molar-refractivity contribution in [2.45, 2.75) is 27.4 Å². The average molecular weight is 485 g/mol. The van der Waals surface area contributed by atoms with Crippen molar-refractivity contribution in [2.75, 3.05) is 19.0 Å². The van der Waals surface area contributed by atoms with Gasteiger partial charge in [-0.2, -0.15) is 5.26 Å². The Morgan fingerprint density at radius 3 is 2.28 bits per heavy atom. The van der Waals surface area contributed by atoms with E-state index in [4.69, 9.17) is 14.2 Å². The Labute approximate surface area is 210 Å². The van der Waals surface area contributed by atoms with Gasteiger partial charge in [0.15, 0.2) is 11.5 Å². The van der Waals surface area contributed by atoms with E-state index < -0.39 is 11.9 Å². The Morgan fingerprint density at radius 2 is 1.67 bits per heavy atom. The Balaban J connectivity index is 1.71. The number of nitrogens with zero attached hydrogens (tertiary/aromatic N) is 1. The molecule has 36 heavy (non-hydrogen) atoms. The largest absolute Gasteiger partial charge is 0.493 e. The van der Waals surface area contributed by atoms with E-state index in [9.17, 15) is 14.9 Å². The van der Waals surface area contributed by atoms with Crippen LogP contribution in [0.1, 0.15) is 39.5 Å². The third-order valence-corrected chi connectivity index (χ3v) is 5.19. The number of methoxy groups -OCH3 is 1. The highest BCUT2D eigenvalue weighted by atomic mass is 16.5. The molecule has 0 aliphatic carbocycles. The third kappa shape index (κ3) is 6.97. The van der Waals surface area contributed by atoms with Crippen LogP contribution in [-0.4, -0.2) is 25.6 Å². The van der Waals surface area contributed by atoms with Crippen LogP contribution in [0.2, 0.25) is 0 Å². The summed E-state index contributed by atoms with van der Waals surface area (Å²) in [6.45, 7) is 6.47. The molecule has 0 spiro atoms. The van der Waals surface area contributed by atoms with Gasteiger partial charge in [0.05, 0.1) is 19.3 Å². The first kappa shape index (κ1) is 26.0. The molecule has 0 aliphatic heterocycles. The number of esters is 1. The maximum atomic E-state index is 12.7. The van der Waals surface area contributed by atoms with Gasteiger partial charge in [-0.3, -0.25) is 4.79 Å². The van der Waals surface area contributed by atoms with E-state index in [0.717, 1.165) is 5.56 Å². The van der Waals surface area contributed by atoms with E-state index in [1.165, 1.54) is 24.3 Å². The summed E-state index contributed by atoms with van der Waals surface area (Å²) in [4.78, 5) is 24.4. The molecule has 7 heteroatoms. The molecule has 0 aromatic heterocycles. The second kappa shape index (κ2) is 12.2. The molecule has 0 saturated heterocycles. The van der Waals surface area contributed by atoms with Crippen molar-refractivity contribution in [3.8, 4) is 17.6 Å². The first-order valence-corrected chi connectivity index (χ1v) is 11.4. The number of amides is 1. The van der Waals surface area contributed by atoms with Gasteiger partial charge in [-0.1, -0.05) is 35.4 Å². The van der Waals surface area contributed by atoms with Crippen LogP contribution >= 0.6 is 0 Å². The van der Waals surface area contributed by atoms with Gasteiger partial charge in [0.25, 0.3) is 5.91 Å². The number of nitrogens with one attached hydrogen (secondary N) is 1. The molecule has 3 aromatic rings. The van der Waals surface area contributed by atoms with Crippen LogP contribution in [0.4, 0.5) is 5.69 Å². The highest BCUT2D eigenvalue weighted by Crippen LogP contribution is 2.30. The third-order valence-electron chi connectivity index (χ3n) is 5.19. The average Bonchev–Trinajstić information content (AvgIpc) is 2.86. The second-order valence-corrected chi connectivity index (χ2v) is 8.12. The minimum absolute atomic E-state index is 0.0876. The summed E-state index contributed by atoms with van der Waals surface area (Å²) in [5.41, 5.74) is 4.72. The summed E-state index contributed by atoms with van der Waals surface area (Å²) in [6, 6.07) is 19.6. The zero-order valence-electron chi connectivity index (χ0n) is 20.8. The van der Waals surface area contributed by atoms with Crippen molar-refractivity contribution in [1.82, 2.24) is 0 Å². The lowest BCUT2D eigenvalue weighted by atomic mass is 10.1. The number of rotatable bonds is 9. The number of nitriles is 1. The summed E-state index contributed by atoms with van der Waals surface area (Å²) >= 11 is 0. The second-order valence-electron chi connectivity index (χ2n) is 8.12. The molecule has 1 amide bonds. The fourth-order valence-electron chi connectivity index (χ4n) is 3.62. The van der Waals surface area contributed by atoms with Crippen LogP contribution in [0.25, 0.3) is 6.08 Å². The quantitative estimate of drug-likeness (QED) is 0.241. The van der Waals surface area contributed by atoms with Gasteiger partial charge >= 0.3 is 5.97 Å². The molecule has 0 radical (unpaired) electrons. The van der Waals surface area contributed by atoms with Gasteiger partial charge in [0, 0.05) is 5.69 Å². The first-order chi connectivity index (χ1) is 17.3. The standard InChI is InChI=1S/C29H28N2O5/c1-5-35-29(33)23-7-9-25(10-8-23)31-28(32)24(17-30)15-21-6-11-26(27(16-21)34-4)36-18-22-13-19(2)12-20(3)14-22/h6-16H,5,18H2,1-4H3,(H,31,32)/b24-15+. The predicted molar refractivity (Wildman–Crippen MR) is 138 cm³/mol. The zero-order valence-corrected chi connectivity index (χ0v) is 20.8. The van der Waals surface area contributed by atoms with Crippen LogP contribution in [0.5, 0.6) is 11.5 Å². The van der Waals surface area contributed by atoms with Crippen molar-refractivity contribution in [1.29, 1.82) is 5.26 Å². The summed E-state index contributed by atoms with van der Waals surface area (Å²) < 4.78 is 16.4. The maximum Gasteiger partial charge on any atom is 0.338 e. The van der Waals surface area contributed by atoms with Crippen LogP contribution < -0.4 is 14.8 Å². The van der Waals surface area contributed by atoms with Gasteiger partial charge < -0.3 is 19.5 Å². The van der Waals surface area contributed by atoms with Gasteiger partial charge in [-0.25, -0.2) is 4.79 Å². The van der Waals surface area contributed by atoms with E-state index in [2.05, 4.69) is 23.5 Å². The first-order valence-electron chi connectivity index (χ1n) is 11.4. The maximum absolute atomic E-state index is 12.7. The molecule has 7 nitrogen and oxygen atoms in total. The molecular weight excluding hydrogens is 456 g/mol. The number of hydrogen-bond acceptors (Lipinski definition) is 6. The van der Waals surface area contributed by atoms with Crippen LogP contribution in [-0.2, 0) is 16.1 Å². The molecule has 3 rings (SSSR count). The van der Waals surface area contributed by atoms with Crippen molar-refractivity contribution in [3.63, 3.8) is 0 Å². The van der Waals surface area contributed by atoms with Crippen LogP contribution in [0.3, 0.4) is 0 Å². The van der Waals surface area contributed by atoms with E-state index >= 15 is 0 Å². The molecule has 0 unspecified atom stereocenters. The molecule has 0 bridgehead atoms. The van der Waals surface area contributed by atoms with Crippen molar-refractivity contribution in [2.24, 2.45) is 0 Å². The van der Waals surface area contributed by atoms with Crippen molar-refractivity contribution in [3.05, 3.63) is 94.1 Å². The smallest absolute Gasteiger partial charge is 0.338 e. The fraction of sp³-hybridized carbons (Fsp3) is 0.207. The minimum Gasteiger partial charge on any atom is -0.493 e. The Morgan fingerprint density at radius 1 is 0.972 bits per heavy atom. The SMILES string of the molecule is CCOC(=O)c1ccc(NC(=O)/C(C#N)=C/c2ccc(OCc3cc(C)cc(C)c3)c(OC)c2)cc1. The number of aryl methyl sites for hydroxylation is 2. The Kier molecular flexibility index (Phi) is 8.84. The Hall–Kier alpha value is -4.57. The van der Waals surface area contributed by atoms with E-state index in [1.807, 2.05) is 19.9 Å². The molecule has 0 saturated carbocycles. The number of anilines is 1. The Bertz CT molecular complexity index is 1300. The van der Waals surface area contributed by atoms with Crippen molar-refractivity contribution >= 4 is 23.6 Å². The topological polar surface area (TPSA) is 97.7 Å². The van der Waals surface area contributed by atoms with Crippen LogP contribution in [0.15, 0.2) is 66.2 Å². The lowest BCUT2D eigenvalue weighted by Gasteiger charge is -2.12. The lowest BCUT2D eigenvalue weighted by molar-refractivity contribution is -0.112. The molecule has 0 heterocycles. The predicted octanol–water partition coefficient (Wildman–Crippen LogP) is 5.61. The van der Waals surface area contributed by atoms with Gasteiger partial charge in [-0.15, -0.1) is 0 Å². The number of carbonyl (C=O) groups excluding carboxylic acids is 2. The number of carbonyl (C=O) groups is 2. The molecule has 3 aromatic carbocycles. The van der Waals surface area contributed by atoms with E-state index in [1.54, 1.807) is 49.4 Å². The normalized spacial score (nSPS) is 10.8. The molecule has 1 N–H and O–H groups in total. The number of benzene rings is 3. The summed E-state index contributed by atoms with van der Waals surface area (Å²) in [6.07, 6.45) is 1.47. The van der Waals surface area contributed by atoms with Crippen molar-refractivity contribution < 1.29 is 23.8 Å². The summed E-state index contributed by atoms with van der Waals surface area (Å²) in [5.74, 6) is 0.0256. The number of hydrogen-bond donors (Lipinski definition) is 1. The summed E-state index contributed by atoms with van der Waals surface area (Å²) in [5, 5.41) is 12.2. The number of ether oxygens (including phenoxy) is 3. The zero-order chi connectivity index (χ0) is 26.1. The van der Waals surface area contributed by atoms with E-state index in [-0.39, 0.29) is 12.2 Å².